The Morgan fingerprint density at radius 3 is 2.88 bits per heavy atom. The summed E-state index contributed by atoms with van der Waals surface area (Å²) in [5.41, 5.74) is 3.36. The van der Waals surface area contributed by atoms with Gasteiger partial charge in [0, 0.05) is 18.1 Å². The van der Waals surface area contributed by atoms with Crippen LogP contribution >= 0.6 is 11.6 Å². The first-order valence-electron chi connectivity index (χ1n) is 5.77. The van der Waals surface area contributed by atoms with E-state index in [2.05, 4.69) is 18.0 Å². The van der Waals surface area contributed by atoms with E-state index >= 15 is 0 Å². The van der Waals surface area contributed by atoms with E-state index in [-0.39, 0.29) is 0 Å². The van der Waals surface area contributed by atoms with Crippen molar-refractivity contribution >= 4 is 11.6 Å². The molecule has 0 aliphatic carbocycles. The molecule has 0 aromatic heterocycles. The lowest BCUT2D eigenvalue weighted by Crippen LogP contribution is -2.19. The first kappa shape index (κ1) is 14.2. The molecule has 0 atom stereocenters. The number of aryl methyl sites for hydroxylation is 1. The van der Waals surface area contributed by atoms with Crippen molar-refractivity contribution in [3.63, 3.8) is 0 Å². The molecule has 0 radical (unpaired) electrons. The van der Waals surface area contributed by atoms with E-state index < -0.39 is 0 Å². The molecule has 0 amide bonds. The second-order valence-corrected chi connectivity index (χ2v) is 4.68. The first-order chi connectivity index (χ1) is 8.09. The fourth-order valence-electron chi connectivity index (χ4n) is 1.37. The van der Waals surface area contributed by atoms with Gasteiger partial charge in [-0.2, -0.15) is 0 Å². The highest BCUT2D eigenvalue weighted by molar-refractivity contribution is 6.31. The predicted molar refractivity (Wildman–Crippen MR) is 73.5 cm³/mol. The van der Waals surface area contributed by atoms with E-state index in [4.69, 9.17) is 16.3 Å². The molecule has 0 aliphatic heterocycles. The van der Waals surface area contributed by atoms with Crippen LogP contribution in [-0.2, 0) is 11.3 Å². The van der Waals surface area contributed by atoms with Crippen molar-refractivity contribution < 1.29 is 4.74 Å². The highest BCUT2D eigenvalue weighted by Crippen LogP contribution is 2.16. The number of nitrogens with one attached hydrogen (secondary N) is 1. The zero-order valence-corrected chi connectivity index (χ0v) is 11.3. The van der Waals surface area contributed by atoms with Gasteiger partial charge in [0.05, 0.1) is 13.2 Å². The molecule has 0 heterocycles. The van der Waals surface area contributed by atoms with Crippen molar-refractivity contribution in [3.8, 4) is 0 Å². The zero-order chi connectivity index (χ0) is 12.7. The highest BCUT2D eigenvalue weighted by Gasteiger charge is 1.97. The third-order valence-electron chi connectivity index (χ3n) is 2.34. The standard InChI is InChI=1S/C14H20ClNO/c1-11(2)10-17-7-6-16-9-13-5-4-12(3)14(15)8-13/h4-5,8,16H,1,6-7,9-10H2,2-3H3. The van der Waals surface area contributed by atoms with Crippen molar-refractivity contribution in [1.29, 1.82) is 0 Å². The molecule has 1 rings (SSSR count). The third-order valence-corrected chi connectivity index (χ3v) is 2.74. The van der Waals surface area contributed by atoms with Crippen molar-refractivity contribution in [2.24, 2.45) is 0 Å². The fourth-order valence-corrected chi connectivity index (χ4v) is 1.57. The molecule has 0 bridgehead atoms. The van der Waals surface area contributed by atoms with Gasteiger partial charge in [-0.3, -0.25) is 0 Å². The first-order valence-corrected chi connectivity index (χ1v) is 6.15. The maximum atomic E-state index is 6.05. The van der Waals surface area contributed by atoms with Gasteiger partial charge in [0.15, 0.2) is 0 Å². The predicted octanol–water partition coefficient (Wildman–Crippen LogP) is 3.33. The Morgan fingerprint density at radius 1 is 1.47 bits per heavy atom. The maximum absolute atomic E-state index is 6.05. The summed E-state index contributed by atoms with van der Waals surface area (Å²) >= 11 is 6.05. The summed E-state index contributed by atoms with van der Waals surface area (Å²) in [4.78, 5) is 0. The van der Waals surface area contributed by atoms with Crippen LogP contribution in [0.3, 0.4) is 0 Å². The Balaban J connectivity index is 2.18. The van der Waals surface area contributed by atoms with E-state index in [1.165, 1.54) is 5.56 Å². The summed E-state index contributed by atoms with van der Waals surface area (Å²) in [7, 11) is 0. The molecule has 17 heavy (non-hydrogen) atoms. The zero-order valence-electron chi connectivity index (χ0n) is 10.6. The van der Waals surface area contributed by atoms with Gasteiger partial charge in [-0.15, -0.1) is 0 Å². The highest BCUT2D eigenvalue weighted by atomic mass is 35.5. The molecule has 1 N–H and O–H groups in total. The van der Waals surface area contributed by atoms with Crippen molar-refractivity contribution in [2.45, 2.75) is 20.4 Å². The van der Waals surface area contributed by atoms with E-state index in [0.29, 0.717) is 13.2 Å². The minimum Gasteiger partial charge on any atom is -0.376 e. The normalized spacial score (nSPS) is 10.5. The molecular formula is C14H20ClNO. The molecule has 0 unspecified atom stereocenters. The van der Waals surface area contributed by atoms with Crippen LogP contribution in [0, 0.1) is 6.92 Å². The second kappa shape index (κ2) is 7.49. The number of hydrogen-bond donors (Lipinski definition) is 1. The van der Waals surface area contributed by atoms with Crippen molar-refractivity contribution in [1.82, 2.24) is 5.32 Å². The van der Waals surface area contributed by atoms with Gasteiger partial charge in [-0.25, -0.2) is 0 Å². The molecule has 0 saturated carbocycles. The second-order valence-electron chi connectivity index (χ2n) is 4.27. The average molecular weight is 254 g/mol. The Labute approximate surface area is 109 Å². The van der Waals surface area contributed by atoms with E-state index in [0.717, 1.165) is 29.2 Å². The molecule has 0 fully saturated rings. The summed E-state index contributed by atoms with van der Waals surface area (Å²) in [5.74, 6) is 0. The van der Waals surface area contributed by atoms with E-state index in [9.17, 15) is 0 Å². The van der Waals surface area contributed by atoms with Gasteiger partial charge in [0.25, 0.3) is 0 Å². The number of hydrogen-bond acceptors (Lipinski definition) is 2. The Kier molecular flexibility index (Phi) is 6.27. The molecule has 1 aromatic carbocycles. The lowest BCUT2D eigenvalue weighted by Gasteiger charge is -2.07. The number of halogens is 1. The lowest BCUT2D eigenvalue weighted by molar-refractivity contribution is 0.158. The molecule has 2 nitrogen and oxygen atoms in total. The van der Waals surface area contributed by atoms with Crippen LogP contribution in [0.2, 0.25) is 5.02 Å². The summed E-state index contributed by atoms with van der Waals surface area (Å²) < 4.78 is 5.39. The van der Waals surface area contributed by atoms with Gasteiger partial charge >= 0.3 is 0 Å². The number of benzene rings is 1. The molecule has 0 spiro atoms. The quantitative estimate of drug-likeness (QED) is 0.595. The van der Waals surface area contributed by atoms with Crippen LogP contribution in [-0.4, -0.2) is 19.8 Å². The van der Waals surface area contributed by atoms with Gasteiger partial charge in [-0.05, 0) is 31.0 Å². The largest absolute Gasteiger partial charge is 0.376 e. The summed E-state index contributed by atoms with van der Waals surface area (Å²) in [6, 6.07) is 6.12. The topological polar surface area (TPSA) is 21.3 Å². The minimum atomic E-state index is 0.637. The number of ether oxygens (including phenoxy) is 1. The minimum absolute atomic E-state index is 0.637. The van der Waals surface area contributed by atoms with Crippen LogP contribution in [0.1, 0.15) is 18.1 Å². The van der Waals surface area contributed by atoms with Gasteiger partial charge in [-0.1, -0.05) is 35.9 Å². The molecule has 0 saturated heterocycles. The van der Waals surface area contributed by atoms with E-state index in [1.54, 1.807) is 0 Å². The average Bonchev–Trinajstić information content (AvgIpc) is 2.27. The molecule has 3 heteroatoms. The van der Waals surface area contributed by atoms with Gasteiger partial charge < -0.3 is 10.1 Å². The number of rotatable bonds is 7. The molecule has 0 aliphatic rings. The van der Waals surface area contributed by atoms with Crippen LogP contribution in [0.25, 0.3) is 0 Å². The summed E-state index contributed by atoms with van der Waals surface area (Å²) in [5, 5.41) is 4.13. The lowest BCUT2D eigenvalue weighted by atomic mass is 10.1. The molecule has 94 valence electrons. The summed E-state index contributed by atoms with van der Waals surface area (Å²) in [6.45, 7) is 10.7. The summed E-state index contributed by atoms with van der Waals surface area (Å²) in [6.07, 6.45) is 0. The smallest absolute Gasteiger partial charge is 0.0672 e. The van der Waals surface area contributed by atoms with Crippen LogP contribution < -0.4 is 5.32 Å². The third kappa shape index (κ3) is 5.87. The van der Waals surface area contributed by atoms with Crippen molar-refractivity contribution in [2.75, 3.05) is 19.8 Å². The Bertz CT molecular complexity index is 376. The van der Waals surface area contributed by atoms with Crippen molar-refractivity contribution in [3.05, 3.63) is 46.5 Å². The van der Waals surface area contributed by atoms with Gasteiger partial charge in [0.2, 0.25) is 0 Å². The molecular weight excluding hydrogens is 234 g/mol. The van der Waals surface area contributed by atoms with Crippen LogP contribution in [0.15, 0.2) is 30.4 Å². The van der Waals surface area contributed by atoms with Crippen LogP contribution in [0.4, 0.5) is 0 Å². The SMILES string of the molecule is C=C(C)COCCNCc1ccc(C)c(Cl)c1. The fraction of sp³-hybridized carbons (Fsp3) is 0.429. The molecule has 1 aromatic rings. The Hall–Kier alpha value is -0.830. The monoisotopic (exact) mass is 253 g/mol. The van der Waals surface area contributed by atoms with Gasteiger partial charge in [0.1, 0.15) is 0 Å². The van der Waals surface area contributed by atoms with E-state index in [1.807, 2.05) is 26.0 Å². The van der Waals surface area contributed by atoms with Crippen LogP contribution in [0.5, 0.6) is 0 Å². The Morgan fingerprint density at radius 2 is 2.24 bits per heavy atom. The maximum Gasteiger partial charge on any atom is 0.0672 e.